The van der Waals surface area contributed by atoms with Gasteiger partial charge in [-0.2, -0.15) is 0 Å². The number of nitrogens with one attached hydrogen (secondary N) is 1. The summed E-state index contributed by atoms with van der Waals surface area (Å²) in [6, 6.07) is 16.7. The number of carbonyl (C=O) groups is 2. The molecule has 7 nitrogen and oxygen atoms in total. The summed E-state index contributed by atoms with van der Waals surface area (Å²) in [6.45, 7) is 7.12. The Labute approximate surface area is 202 Å². The maximum atomic E-state index is 12.8. The number of primary amides is 1. The van der Waals surface area contributed by atoms with Crippen LogP contribution in [-0.4, -0.2) is 50.5 Å². The van der Waals surface area contributed by atoms with E-state index in [9.17, 15) is 9.59 Å². The predicted octanol–water partition coefficient (Wildman–Crippen LogP) is 1.73. The maximum absolute atomic E-state index is 12.8. The summed E-state index contributed by atoms with van der Waals surface area (Å²) in [6.07, 6.45) is 2.93. The molecule has 0 aliphatic carbocycles. The minimum Gasteiger partial charge on any atom is -0.499 e. The van der Waals surface area contributed by atoms with Gasteiger partial charge in [-0.1, -0.05) is 38.1 Å². The molecule has 0 unspecified atom stereocenters. The smallest absolute Gasteiger partial charge is 0.255 e. The molecule has 1 heterocycles. The Hall–Kier alpha value is -3.58. The first-order chi connectivity index (χ1) is 16.2. The quantitative estimate of drug-likeness (QED) is 0.453. The highest BCUT2D eigenvalue weighted by Gasteiger charge is 2.24. The van der Waals surface area contributed by atoms with Gasteiger partial charge >= 0.3 is 0 Å². The molecule has 9 heteroatoms. The van der Waals surface area contributed by atoms with Crippen molar-refractivity contribution < 1.29 is 14.3 Å². The van der Waals surface area contributed by atoms with Gasteiger partial charge in [0.25, 0.3) is 5.91 Å². The van der Waals surface area contributed by atoms with E-state index in [-0.39, 0.29) is 11.5 Å². The van der Waals surface area contributed by atoms with E-state index in [4.69, 9.17) is 10.5 Å². The summed E-state index contributed by atoms with van der Waals surface area (Å²) >= 11 is 0. The van der Waals surface area contributed by atoms with Crippen molar-refractivity contribution in [2.24, 2.45) is 5.73 Å². The standard InChI is InChI=1S/C25H30B2N4O3/c1-3-31(4-2)16-17-8-10-18(11-9-17)24(33)30-21-7-5-6-20(13-21)25(26,27)34-22-12-19(23(28)32)14-29-15-22/h5-15H,3-4,16,26-27H2,1-2H3,(H2,28,32)(H,30,33). The van der Waals surface area contributed by atoms with Crippen LogP contribution in [0, 0.1) is 0 Å². The molecule has 0 aliphatic heterocycles. The third kappa shape index (κ3) is 6.48. The number of aromatic nitrogens is 1. The van der Waals surface area contributed by atoms with Crippen LogP contribution >= 0.6 is 0 Å². The first kappa shape index (κ1) is 25.1. The number of amides is 2. The third-order valence-electron chi connectivity index (χ3n) is 5.70. The molecule has 34 heavy (non-hydrogen) atoms. The zero-order chi connectivity index (χ0) is 24.7. The molecule has 3 aromatic rings. The molecule has 0 aliphatic rings. The van der Waals surface area contributed by atoms with Gasteiger partial charge in [0.1, 0.15) is 5.75 Å². The highest BCUT2D eigenvalue weighted by atomic mass is 16.5. The molecule has 3 rings (SSSR count). The number of pyridine rings is 1. The van der Waals surface area contributed by atoms with Gasteiger partial charge in [0.2, 0.25) is 5.91 Å². The molecular formula is C25H30B2N4O3. The number of hydrogen-bond acceptors (Lipinski definition) is 5. The molecule has 0 fully saturated rings. The van der Waals surface area contributed by atoms with Crippen molar-refractivity contribution in [1.82, 2.24) is 9.88 Å². The number of nitrogens with zero attached hydrogens (tertiary/aromatic N) is 2. The number of carbonyl (C=O) groups excluding carboxylic acids is 2. The highest BCUT2D eigenvalue weighted by molar-refractivity contribution is 6.39. The Morgan fingerprint density at radius 2 is 1.74 bits per heavy atom. The fraction of sp³-hybridized carbons (Fsp3) is 0.240. The van der Waals surface area contributed by atoms with E-state index in [0.717, 1.165) is 25.2 Å². The Balaban J connectivity index is 1.70. The van der Waals surface area contributed by atoms with Crippen molar-refractivity contribution in [2.75, 3.05) is 18.4 Å². The molecule has 1 aromatic heterocycles. The van der Waals surface area contributed by atoms with Crippen LogP contribution in [0.2, 0.25) is 0 Å². The Morgan fingerprint density at radius 3 is 2.38 bits per heavy atom. The number of ether oxygens (including phenoxy) is 1. The molecule has 2 amide bonds. The van der Waals surface area contributed by atoms with Crippen molar-refractivity contribution in [3.63, 3.8) is 0 Å². The summed E-state index contributed by atoms with van der Waals surface area (Å²) in [4.78, 5) is 30.6. The van der Waals surface area contributed by atoms with Gasteiger partial charge in [-0.3, -0.25) is 19.5 Å². The van der Waals surface area contributed by atoms with Crippen molar-refractivity contribution in [3.05, 3.63) is 89.2 Å². The summed E-state index contributed by atoms with van der Waals surface area (Å²) < 4.78 is 6.10. The first-order valence-electron chi connectivity index (χ1n) is 11.4. The topological polar surface area (TPSA) is 97.5 Å². The first-order valence-corrected chi connectivity index (χ1v) is 11.4. The molecule has 2 aromatic carbocycles. The van der Waals surface area contributed by atoms with E-state index in [1.165, 1.54) is 18.0 Å². The van der Waals surface area contributed by atoms with E-state index in [0.29, 0.717) is 17.0 Å². The zero-order valence-electron chi connectivity index (χ0n) is 20.2. The average molecular weight is 456 g/mol. The molecule has 0 atom stereocenters. The van der Waals surface area contributed by atoms with E-state index in [2.05, 4.69) is 29.0 Å². The zero-order valence-corrected chi connectivity index (χ0v) is 20.2. The summed E-state index contributed by atoms with van der Waals surface area (Å²) in [7, 11) is 3.80. The SMILES string of the molecule is BC(B)(Oc1cncc(C(N)=O)c1)c1cccc(NC(=O)c2ccc(CN(CC)CC)cc2)c1. The van der Waals surface area contributed by atoms with Gasteiger partial charge in [0.05, 0.1) is 17.2 Å². The highest BCUT2D eigenvalue weighted by Crippen LogP contribution is 2.25. The molecule has 0 radical (unpaired) electrons. The molecule has 3 N–H and O–H groups in total. The second-order valence-electron chi connectivity index (χ2n) is 8.58. The predicted molar refractivity (Wildman–Crippen MR) is 140 cm³/mol. The average Bonchev–Trinajstić information content (AvgIpc) is 2.83. The van der Waals surface area contributed by atoms with Crippen molar-refractivity contribution in [1.29, 1.82) is 0 Å². The Morgan fingerprint density at radius 1 is 1.03 bits per heavy atom. The van der Waals surface area contributed by atoms with Gasteiger partial charge in [-0.05, 0) is 54.5 Å². The number of hydrogen-bond donors (Lipinski definition) is 2. The lowest BCUT2D eigenvalue weighted by Gasteiger charge is -2.28. The van der Waals surface area contributed by atoms with Crippen molar-refractivity contribution in [2.45, 2.75) is 25.8 Å². The second-order valence-corrected chi connectivity index (χ2v) is 8.58. The summed E-state index contributed by atoms with van der Waals surface area (Å²) in [5.74, 6) is -0.314. The van der Waals surface area contributed by atoms with E-state index in [1.54, 1.807) is 6.07 Å². The normalized spacial score (nSPS) is 11.3. The third-order valence-corrected chi connectivity index (χ3v) is 5.70. The van der Waals surface area contributed by atoms with Crippen molar-refractivity contribution >= 4 is 33.2 Å². The fourth-order valence-electron chi connectivity index (χ4n) is 3.60. The molecule has 0 spiro atoms. The van der Waals surface area contributed by atoms with Gasteiger partial charge < -0.3 is 15.8 Å². The maximum Gasteiger partial charge on any atom is 0.255 e. The molecule has 0 saturated heterocycles. The Kier molecular flexibility index (Phi) is 8.12. The summed E-state index contributed by atoms with van der Waals surface area (Å²) in [5, 5.41) is 2.22. The van der Waals surface area contributed by atoms with Crippen LogP contribution in [0.25, 0.3) is 0 Å². The lowest BCUT2D eigenvalue weighted by molar-refractivity contribution is 0.0996. The molecule has 0 bridgehead atoms. The van der Waals surface area contributed by atoms with E-state index in [1.807, 2.05) is 64.2 Å². The van der Waals surface area contributed by atoms with Gasteiger partial charge in [-0.15, -0.1) is 0 Å². The van der Waals surface area contributed by atoms with Crippen LogP contribution in [0.5, 0.6) is 5.75 Å². The lowest BCUT2D eigenvalue weighted by atomic mass is 9.61. The molecule has 0 saturated carbocycles. The number of benzene rings is 2. The monoisotopic (exact) mass is 456 g/mol. The lowest BCUT2D eigenvalue weighted by Crippen LogP contribution is -2.34. The minimum absolute atomic E-state index is 0.177. The van der Waals surface area contributed by atoms with Crippen LogP contribution in [0.1, 0.15) is 45.7 Å². The van der Waals surface area contributed by atoms with Crippen LogP contribution < -0.4 is 15.8 Å². The largest absolute Gasteiger partial charge is 0.499 e. The summed E-state index contributed by atoms with van der Waals surface area (Å²) in [5.41, 5.74) is 8.90. The van der Waals surface area contributed by atoms with Gasteiger partial charge in [-0.25, -0.2) is 0 Å². The van der Waals surface area contributed by atoms with Crippen LogP contribution in [0.3, 0.4) is 0 Å². The van der Waals surface area contributed by atoms with Crippen LogP contribution in [0.4, 0.5) is 5.69 Å². The number of anilines is 1. The number of rotatable bonds is 10. The van der Waals surface area contributed by atoms with Crippen LogP contribution in [-0.2, 0) is 11.9 Å². The minimum atomic E-state index is -0.745. The fourth-order valence-corrected chi connectivity index (χ4v) is 3.60. The van der Waals surface area contributed by atoms with Crippen LogP contribution in [0.15, 0.2) is 67.0 Å². The van der Waals surface area contributed by atoms with E-state index < -0.39 is 11.3 Å². The van der Waals surface area contributed by atoms with Gasteiger partial charge in [0, 0.05) is 24.0 Å². The van der Waals surface area contributed by atoms with Gasteiger partial charge in [0.15, 0.2) is 15.7 Å². The second kappa shape index (κ2) is 11.0. The Bertz CT molecular complexity index is 1150. The number of nitrogens with two attached hydrogens (primary N) is 1. The molecular weight excluding hydrogens is 426 g/mol. The van der Waals surface area contributed by atoms with Crippen molar-refractivity contribution in [3.8, 4) is 5.75 Å². The van der Waals surface area contributed by atoms with E-state index >= 15 is 0 Å². The molecule has 174 valence electrons.